The third-order valence-electron chi connectivity index (χ3n) is 1.81. The van der Waals surface area contributed by atoms with Gasteiger partial charge in [0.25, 0.3) is 0 Å². The zero-order chi connectivity index (χ0) is 8.20. The van der Waals surface area contributed by atoms with Crippen molar-refractivity contribution in [2.24, 2.45) is 5.41 Å². The van der Waals surface area contributed by atoms with Gasteiger partial charge in [0.1, 0.15) is 0 Å². The number of rotatable bonds is 3. The van der Waals surface area contributed by atoms with Crippen molar-refractivity contribution in [3.8, 4) is 0 Å². The van der Waals surface area contributed by atoms with E-state index in [1.54, 1.807) is 7.11 Å². The molecule has 0 heterocycles. The molecule has 0 unspecified atom stereocenters. The standard InChI is InChI=1S/C9H19O/c1-6-8(7-10-5)9(2,3)4/h6-7H2,1-5H3. The van der Waals surface area contributed by atoms with Gasteiger partial charge in [-0.15, -0.1) is 0 Å². The predicted molar refractivity (Wildman–Crippen MR) is 44.9 cm³/mol. The topological polar surface area (TPSA) is 9.23 Å². The van der Waals surface area contributed by atoms with E-state index in [2.05, 4.69) is 27.7 Å². The van der Waals surface area contributed by atoms with Crippen molar-refractivity contribution in [2.45, 2.75) is 34.1 Å². The Morgan fingerprint density at radius 1 is 1.30 bits per heavy atom. The SMILES string of the molecule is CC[C](COC)C(C)(C)C. The minimum Gasteiger partial charge on any atom is -0.384 e. The summed E-state index contributed by atoms with van der Waals surface area (Å²) in [6, 6.07) is 0. The van der Waals surface area contributed by atoms with Crippen LogP contribution in [-0.4, -0.2) is 13.7 Å². The first-order valence-corrected chi connectivity index (χ1v) is 3.86. The molecule has 1 radical (unpaired) electrons. The van der Waals surface area contributed by atoms with Gasteiger partial charge in [0.05, 0.1) is 6.61 Å². The summed E-state index contributed by atoms with van der Waals surface area (Å²) in [4.78, 5) is 0. The molecule has 0 aromatic heterocycles. The minimum absolute atomic E-state index is 0.310. The van der Waals surface area contributed by atoms with Gasteiger partial charge in [-0.1, -0.05) is 27.7 Å². The van der Waals surface area contributed by atoms with Crippen molar-refractivity contribution in [3.63, 3.8) is 0 Å². The van der Waals surface area contributed by atoms with Crippen molar-refractivity contribution in [2.75, 3.05) is 13.7 Å². The van der Waals surface area contributed by atoms with E-state index in [0.717, 1.165) is 13.0 Å². The zero-order valence-corrected chi connectivity index (χ0v) is 7.82. The van der Waals surface area contributed by atoms with E-state index in [-0.39, 0.29) is 0 Å². The molecule has 0 aromatic rings. The van der Waals surface area contributed by atoms with Crippen molar-refractivity contribution >= 4 is 0 Å². The highest BCUT2D eigenvalue weighted by molar-refractivity contribution is 4.99. The number of ether oxygens (including phenoxy) is 1. The fourth-order valence-electron chi connectivity index (χ4n) is 1.02. The average Bonchev–Trinajstić information content (AvgIpc) is 1.80. The van der Waals surface area contributed by atoms with Crippen LogP contribution in [0.15, 0.2) is 0 Å². The zero-order valence-electron chi connectivity index (χ0n) is 7.82. The lowest BCUT2D eigenvalue weighted by Gasteiger charge is -2.28. The van der Waals surface area contributed by atoms with Crippen molar-refractivity contribution < 1.29 is 4.74 Å². The van der Waals surface area contributed by atoms with Crippen LogP contribution in [0.25, 0.3) is 0 Å². The number of methoxy groups -OCH3 is 1. The number of hydrogen-bond donors (Lipinski definition) is 0. The molecule has 0 atom stereocenters. The number of hydrogen-bond acceptors (Lipinski definition) is 1. The van der Waals surface area contributed by atoms with Gasteiger partial charge in [-0.05, 0) is 11.8 Å². The summed E-state index contributed by atoms with van der Waals surface area (Å²) in [6.07, 6.45) is 1.12. The Balaban J connectivity index is 3.81. The minimum atomic E-state index is 0.310. The first kappa shape index (κ1) is 9.96. The summed E-state index contributed by atoms with van der Waals surface area (Å²) in [7, 11) is 1.75. The summed E-state index contributed by atoms with van der Waals surface area (Å²) in [6.45, 7) is 9.67. The van der Waals surface area contributed by atoms with Crippen LogP contribution in [0.4, 0.5) is 0 Å². The molecule has 0 aromatic carbocycles. The quantitative estimate of drug-likeness (QED) is 0.590. The third kappa shape index (κ3) is 3.21. The van der Waals surface area contributed by atoms with Gasteiger partial charge in [-0.3, -0.25) is 0 Å². The second-order valence-electron chi connectivity index (χ2n) is 3.64. The molecule has 10 heavy (non-hydrogen) atoms. The van der Waals surface area contributed by atoms with E-state index in [1.165, 1.54) is 5.92 Å². The van der Waals surface area contributed by atoms with Crippen LogP contribution in [0.2, 0.25) is 0 Å². The molecule has 0 fully saturated rings. The molecule has 61 valence electrons. The molecule has 0 rings (SSSR count). The fraction of sp³-hybridized carbons (Fsp3) is 0.889. The summed E-state index contributed by atoms with van der Waals surface area (Å²) in [5.74, 6) is 1.48. The molecule has 0 saturated heterocycles. The Kier molecular flexibility index (Phi) is 3.95. The fourth-order valence-corrected chi connectivity index (χ4v) is 1.02. The lowest BCUT2D eigenvalue weighted by Crippen LogP contribution is -2.21. The Morgan fingerprint density at radius 2 is 1.80 bits per heavy atom. The summed E-state index contributed by atoms with van der Waals surface area (Å²) < 4.78 is 5.08. The Labute approximate surface area is 64.8 Å². The molecule has 0 aliphatic heterocycles. The Morgan fingerprint density at radius 3 is 1.90 bits per heavy atom. The normalized spacial score (nSPS) is 12.6. The van der Waals surface area contributed by atoms with Crippen molar-refractivity contribution in [1.82, 2.24) is 0 Å². The van der Waals surface area contributed by atoms with Crippen LogP contribution in [0.1, 0.15) is 34.1 Å². The highest BCUT2D eigenvalue weighted by atomic mass is 16.5. The molecular weight excluding hydrogens is 124 g/mol. The van der Waals surface area contributed by atoms with Gasteiger partial charge in [0.2, 0.25) is 0 Å². The van der Waals surface area contributed by atoms with Crippen LogP contribution >= 0.6 is 0 Å². The third-order valence-corrected chi connectivity index (χ3v) is 1.81. The first-order valence-electron chi connectivity index (χ1n) is 3.86. The predicted octanol–water partition coefficient (Wildman–Crippen LogP) is 2.66. The summed E-state index contributed by atoms with van der Waals surface area (Å²) >= 11 is 0. The smallest absolute Gasteiger partial charge is 0.0529 e. The summed E-state index contributed by atoms with van der Waals surface area (Å²) in [5.41, 5.74) is 0.310. The van der Waals surface area contributed by atoms with Crippen LogP contribution in [-0.2, 0) is 4.74 Å². The van der Waals surface area contributed by atoms with Crippen LogP contribution in [0.3, 0.4) is 0 Å². The van der Waals surface area contributed by atoms with Crippen molar-refractivity contribution in [1.29, 1.82) is 0 Å². The molecule has 1 nitrogen and oxygen atoms in total. The summed E-state index contributed by atoms with van der Waals surface area (Å²) in [5, 5.41) is 0. The Hall–Kier alpha value is -0.0400. The van der Waals surface area contributed by atoms with Gasteiger partial charge in [0.15, 0.2) is 0 Å². The van der Waals surface area contributed by atoms with Crippen LogP contribution in [0, 0.1) is 11.3 Å². The largest absolute Gasteiger partial charge is 0.384 e. The molecule has 0 aliphatic rings. The van der Waals surface area contributed by atoms with E-state index in [9.17, 15) is 0 Å². The molecule has 0 spiro atoms. The van der Waals surface area contributed by atoms with E-state index >= 15 is 0 Å². The Bertz CT molecular complexity index is 81.2. The van der Waals surface area contributed by atoms with Crippen molar-refractivity contribution in [3.05, 3.63) is 5.92 Å². The second kappa shape index (κ2) is 3.97. The average molecular weight is 143 g/mol. The van der Waals surface area contributed by atoms with Crippen LogP contribution < -0.4 is 0 Å². The molecule has 0 aliphatic carbocycles. The molecule has 0 bridgehead atoms. The highest BCUT2D eigenvalue weighted by Crippen LogP contribution is 2.30. The van der Waals surface area contributed by atoms with Crippen LogP contribution in [0.5, 0.6) is 0 Å². The monoisotopic (exact) mass is 143 g/mol. The molecule has 0 amide bonds. The highest BCUT2D eigenvalue weighted by Gasteiger charge is 2.22. The van der Waals surface area contributed by atoms with E-state index in [0.29, 0.717) is 5.41 Å². The maximum atomic E-state index is 5.08. The van der Waals surface area contributed by atoms with Gasteiger partial charge in [-0.2, -0.15) is 0 Å². The second-order valence-corrected chi connectivity index (χ2v) is 3.64. The van der Waals surface area contributed by atoms with E-state index in [1.807, 2.05) is 0 Å². The molecular formula is C9H19O. The lowest BCUT2D eigenvalue weighted by molar-refractivity contribution is 0.176. The maximum Gasteiger partial charge on any atom is 0.0529 e. The van der Waals surface area contributed by atoms with E-state index in [4.69, 9.17) is 4.74 Å². The molecule has 1 heteroatoms. The molecule has 0 saturated carbocycles. The van der Waals surface area contributed by atoms with Gasteiger partial charge < -0.3 is 4.74 Å². The maximum absolute atomic E-state index is 5.08. The van der Waals surface area contributed by atoms with Gasteiger partial charge in [0, 0.05) is 13.0 Å². The first-order chi connectivity index (χ1) is 4.52. The van der Waals surface area contributed by atoms with E-state index < -0.39 is 0 Å². The van der Waals surface area contributed by atoms with Gasteiger partial charge in [-0.25, -0.2) is 0 Å². The molecule has 0 N–H and O–H groups in total. The lowest BCUT2D eigenvalue weighted by atomic mass is 9.80. The van der Waals surface area contributed by atoms with Gasteiger partial charge >= 0.3 is 0 Å².